The van der Waals surface area contributed by atoms with E-state index in [-0.39, 0.29) is 12.2 Å². The summed E-state index contributed by atoms with van der Waals surface area (Å²) in [6.45, 7) is 5.37. The Kier molecular flexibility index (Phi) is 3.74. The van der Waals surface area contributed by atoms with Gasteiger partial charge in [0.25, 0.3) is 0 Å². The van der Waals surface area contributed by atoms with E-state index in [0.29, 0.717) is 18.0 Å². The minimum Gasteiger partial charge on any atom is -0.489 e. The van der Waals surface area contributed by atoms with Crippen molar-refractivity contribution in [3.63, 3.8) is 0 Å². The summed E-state index contributed by atoms with van der Waals surface area (Å²) in [5.74, 6) is 1.46. The number of rotatable bonds is 4. The first-order valence-electron chi connectivity index (χ1n) is 5.95. The largest absolute Gasteiger partial charge is 0.489 e. The second-order valence-electron chi connectivity index (χ2n) is 4.47. The van der Waals surface area contributed by atoms with Crippen molar-refractivity contribution < 1.29 is 14.2 Å². The van der Waals surface area contributed by atoms with E-state index in [0.717, 1.165) is 18.8 Å². The Morgan fingerprint density at radius 3 is 2.88 bits per heavy atom. The first kappa shape index (κ1) is 12.0. The molecule has 1 fully saturated rings. The van der Waals surface area contributed by atoms with Crippen LogP contribution in [0.25, 0.3) is 0 Å². The van der Waals surface area contributed by atoms with E-state index in [2.05, 4.69) is 0 Å². The molecule has 1 heterocycles. The molecule has 94 valence electrons. The Labute approximate surface area is 102 Å². The number of anilines is 1. The van der Waals surface area contributed by atoms with Gasteiger partial charge in [0.15, 0.2) is 0 Å². The third kappa shape index (κ3) is 3.27. The average molecular weight is 237 g/mol. The van der Waals surface area contributed by atoms with Crippen LogP contribution in [0.3, 0.4) is 0 Å². The highest BCUT2D eigenvalue weighted by Gasteiger charge is 2.17. The van der Waals surface area contributed by atoms with Crippen molar-refractivity contribution in [1.29, 1.82) is 0 Å². The number of nitrogen functional groups attached to an aromatic ring is 1. The lowest BCUT2D eigenvalue weighted by molar-refractivity contribution is 0.141. The third-order valence-corrected chi connectivity index (χ3v) is 2.54. The van der Waals surface area contributed by atoms with Gasteiger partial charge in [0, 0.05) is 12.5 Å². The maximum atomic E-state index is 5.84. The summed E-state index contributed by atoms with van der Waals surface area (Å²) in [5.41, 5.74) is 6.47. The summed E-state index contributed by atoms with van der Waals surface area (Å²) in [6, 6.07) is 5.51. The Bertz CT molecular complexity index is 373. The van der Waals surface area contributed by atoms with Crippen molar-refractivity contribution in [3.8, 4) is 11.5 Å². The standard InChI is InChI=1S/C13H19NO3/c1-9(2)16-13-7-10(3-4-12(13)14)17-11-5-6-15-8-11/h3-4,7,9,11H,5-6,8,14H2,1-2H3. The van der Waals surface area contributed by atoms with E-state index in [1.54, 1.807) is 0 Å². The molecule has 1 aromatic carbocycles. The molecule has 0 amide bonds. The van der Waals surface area contributed by atoms with Crippen LogP contribution in [0.4, 0.5) is 5.69 Å². The molecule has 1 aliphatic heterocycles. The summed E-state index contributed by atoms with van der Waals surface area (Å²) in [6.07, 6.45) is 1.18. The molecule has 2 rings (SSSR count). The molecule has 0 spiro atoms. The van der Waals surface area contributed by atoms with Crippen molar-refractivity contribution >= 4 is 5.69 Å². The second kappa shape index (κ2) is 5.27. The minimum absolute atomic E-state index is 0.0994. The van der Waals surface area contributed by atoms with Crippen LogP contribution in [-0.4, -0.2) is 25.4 Å². The van der Waals surface area contributed by atoms with Gasteiger partial charge in [0.1, 0.15) is 17.6 Å². The van der Waals surface area contributed by atoms with Crippen LogP contribution in [0, 0.1) is 0 Å². The van der Waals surface area contributed by atoms with Gasteiger partial charge >= 0.3 is 0 Å². The van der Waals surface area contributed by atoms with Gasteiger partial charge in [0.05, 0.1) is 25.0 Å². The van der Waals surface area contributed by atoms with Gasteiger partial charge in [-0.15, -0.1) is 0 Å². The molecular formula is C13H19NO3. The topological polar surface area (TPSA) is 53.7 Å². The van der Waals surface area contributed by atoms with E-state index < -0.39 is 0 Å². The van der Waals surface area contributed by atoms with E-state index in [1.807, 2.05) is 32.0 Å². The maximum absolute atomic E-state index is 5.84. The van der Waals surface area contributed by atoms with Crippen molar-refractivity contribution in [2.24, 2.45) is 0 Å². The molecule has 1 aliphatic rings. The highest BCUT2D eigenvalue weighted by Crippen LogP contribution is 2.29. The molecule has 1 aromatic rings. The summed E-state index contributed by atoms with van der Waals surface area (Å²) in [7, 11) is 0. The van der Waals surface area contributed by atoms with E-state index in [9.17, 15) is 0 Å². The molecule has 17 heavy (non-hydrogen) atoms. The lowest BCUT2D eigenvalue weighted by atomic mass is 10.2. The first-order valence-corrected chi connectivity index (χ1v) is 5.95. The van der Waals surface area contributed by atoms with Crippen LogP contribution in [-0.2, 0) is 4.74 Å². The van der Waals surface area contributed by atoms with Gasteiger partial charge < -0.3 is 19.9 Å². The Morgan fingerprint density at radius 1 is 1.41 bits per heavy atom. The smallest absolute Gasteiger partial charge is 0.146 e. The normalized spacial score (nSPS) is 19.6. The van der Waals surface area contributed by atoms with Crippen LogP contribution in [0.1, 0.15) is 20.3 Å². The van der Waals surface area contributed by atoms with Crippen molar-refractivity contribution in [1.82, 2.24) is 0 Å². The number of ether oxygens (including phenoxy) is 3. The van der Waals surface area contributed by atoms with Gasteiger partial charge in [-0.2, -0.15) is 0 Å². The lowest BCUT2D eigenvalue weighted by Gasteiger charge is -2.16. The highest BCUT2D eigenvalue weighted by molar-refractivity contribution is 5.55. The van der Waals surface area contributed by atoms with Gasteiger partial charge in [-0.25, -0.2) is 0 Å². The monoisotopic (exact) mass is 237 g/mol. The van der Waals surface area contributed by atoms with Gasteiger partial charge in [-0.3, -0.25) is 0 Å². The molecule has 0 aliphatic carbocycles. The summed E-state index contributed by atoms with van der Waals surface area (Å²) < 4.78 is 16.7. The van der Waals surface area contributed by atoms with E-state index >= 15 is 0 Å². The summed E-state index contributed by atoms with van der Waals surface area (Å²) in [5, 5.41) is 0. The Hall–Kier alpha value is -1.42. The molecule has 1 saturated heterocycles. The van der Waals surface area contributed by atoms with Crippen molar-refractivity contribution in [2.45, 2.75) is 32.5 Å². The molecule has 1 unspecified atom stereocenters. The van der Waals surface area contributed by atoms with Gasteiger partial charge in [0.2, 0.25) is 0 Å². The number of hydrogen-bond donors (Lipinski definition) is 1. The van der Waals surface area contributed by atoms with Crippen LogP contribution >= 0.6 is 0 Å². The fourth-order valence-corrected chi connectivity index (χ4v) is 1.74. The number of nitrogens with two attached hydrogens (primary N) is 1. The highest BCUT2D eigenvalue weighted by atomic mass is 16.5. The molecule has 0 saturated carbocycles. The third-order valence-electron chi connectivity index (χ3n) is 2.54. The van der Waals surface area contributed by atoms with Crippen molar-refractivity contribution in [2.75, 3.05) is 18.9 Å². The summed E-state index contributed by atoms with van der Waals surface area (Å²) >= 11 is 0. The minimum atomic E-state index is 0.0994. The quantitative estimate of drug-likeness (QED) is 0.816. The SMILES string of the molecule is CC(C)Oc1cc(OC2CCOC2)ccc1N. The predicted molar refractivity (Wildman–Crippen MR) is 66.5 cm³/mol. The molecule has 2 N–H and O–H groups in total. The first-order chi connectivity index (χ1) is 8.15. The second-order valence-corrected chi connectivity index (χ2v) is 4.47. The molecule has 0 aromatic heterocycles. The summed E-state index contributed by atoms with van der Waals surface area (Å²) in [4.78, 5) is 0. The zero-order valence-corrected chi connectivity index (χ0v) is 10.3. The fraction of sp³-hybridized carbons (Fsp3) is 0.538. The average Bonchev–Trinajstić information content (AvgIpc) is 2.75. The Morgan fingerprint density at radius 2 is 2.24 bits per heavy atom. The van der Waals surface area contributed by atoms with Crippen LogP contribution in [0.5, 0.6) is 11.5 Å². The maximum Gasteiger partial charge on any atom is 0.146 e. The zero-order chi connectivity index (χ0) is 12.3. The predicted octanol–water partition coefficient (Wildman–Crippen LogP) is 2.22. The van der Waals surface area contributed by atoms with Crippen molar-refractivity contribution in [3.05, 3.63) is 18.2 Å². The number of benzene rings is 1. The molecule has 4 heteroatoms. The lowest BCUT2D eigenvalue weighted by Crippen LogP contribution is -2.16. The molecule has 4 nitrogen and oxygen atoms in total. The van der Waals surface area contributed by atoms with Crippen LogP contribution in [0.2, 0.25) is 0 Å². The van der Waals surface area contributed by atoms with E-state index in [1.165, 1.54) is 0 Å². The van der Waals surface area contributed by atoms with Gasteiger partial charge in [-0.1, -0.05) is 0 Å². The number of hydrogen-bond acceptors (Lipinski definition) is 4. The van der Waals surface area contributed by atoms with Crippen LogP contribution in [0.15, 0.2) is 18.2 Å². The van der Waals surface area contributed by atoms with Gasteiger partial charge in [-0.05, 0) is 26.0 Å². The Balaban J connectivity index is 2.06. The zero-order valence-electron chi connectivity index (χ0n) is 10.3. The molecule has 1 atom stereocenters. The molecule has 0 radical (unpaired) electrons. The van der Waals surface area contributed by atoms with Crippen LogP contribution < -0.4 is 15.2 Å². The molecular weight excluding hydrogens is 218 g/mol. The molecule has 0 bridgehead atoms. The van der Waals surface area contributed by atoms with E-state index in [4.69, 9.17) is 19.9 Å². The fourth-order valence-electron chi connectivity index (χ4n) is 1.74.